The first-order valence-corrected chi connectivity index (χ1v) is 7.45. The second-order valence-electron chi connectivity index (χ2n) is 5.84. The van der Waals surface area contributed by atoms with Gasteiger partial charge in [0.2, 0.25) is 0 Å². The number of benzene rings is 1. The standard InChI is InChI=1S/C16H23F2NO/c17-14-9-13(10-15(18)11-14)5-8-19-12-16(20)6-3-1-2-4-7-16/h9-11,19-20H,1-8,12H2. The van der Waals surface area contributed by atoms with Crippen LogP contribution in [-0.4, -0.2) is 23.8 Å². The first-order valence-electron chi connectivity index (χ1n) is 7.45. The van der Waals surface area contributed by atoms with Crippen LogP contribution in [0.25, 0.3) is 0 Å². The molecule has 2 N–H and O–H groups in total. The average molecular weight is 283 g/mol. The van der Waals surface area contributed by atoms with E-state index < -0.39 is 17.2 Å². The van der Waals surface area contributed by atoms with Gasteiger partial charge in [-0.25, -0.2) is 8.78 Å². The lowest BCUT2D eigenvalue weighted by Gasteiger charge is -2.27. The largest absolute Gasteiger partial charge is 0.389 e. The summed E-state index contributed by atoms with van der Waals surface area (Å²) in [4.78, 5) is 0. The van der Waals surface area contributed by atoms with Crippen LogP contribution >= 0.6 is 0 Å². The van der Waals surface area contributed by atoms with Gasteiger partial charge in [-0.15, -0.1) is 0 Å². The zero-order valence-electron chi connectivity index (χ0n) is 11.8. The predicted octanol–water partition coefficient (Wildman–Crippen LogP) is 3.18. The number of hydrogen-bond donors (Lipinski definition) is 2. The van der Waals surface area contributed by atoms with Gasteiger partial charge in [0.05, 0.1) is 5.60 Å². The van der Waals surface area contributed by atoms with Crippen molar-refractivity contribution in [1.29, 1.82) is 0 Å². The maximum atomic E-state index is 13.0. The third-order valence-electron chi connectivity index (χ3n) is 4.00. The molecule has 0 aliphatic heterocycles. The van der Waals surface area contributed by atoms with Crippen LogP contribution in [0.4, 0.5) is 8.78 Å². The topological polar surface area (TPSA) is 32.3 Å². The second kappa shape index (κ2) is 7.14. The van der Waals surface area contributed by atoms with Crippen molar-refractivity contribution in [1.82, 2.24) is 5.32 Å². The molecule has 1 aromatic carbocycles. The van der Waals surface area contributed by atoms with Crippen LogP contribution in [0.5, 0.6) is 0 Å². The normalized spacial score (nSPS) is 18.8. The third kappa shape index (κ3) is 4.84. The van der Waals surface area contributed by atoms with E-state index in [-0.39, 0.29) is 0 Å². The summed E-state index contributed by atoms with van der Waals surface area (Å²) >= 11 is 0. The number of nitrogens with one attached hydrogen (secondary N) is 1. The van der Waals surface area contributed by atoms with E-state index in [1.54, 1.807) is 0 Å². The minimum absolute atomic E-state index is 0.539. The summed E-state index contributed by atoms with van der Waals surface area (Å²) in [6.45, 7) is 1.18. The Bertz CT molecular complexity index is 408. The number of aliphatic hydroxyl groups is 1. The maximum absolute atomic E-state index is 13.0. The van der Waals surface area contributed by atoms with Gasteiger partial charge in [-0.2, -0.15) is 0 Å². The Labute approximate surface area is 119 Å². The quantitative estimate of drug-likeness (QED) is 0.642. The van der Waals surface area contributed by atoms with Gasteiger partial charge in [0.25, 0.3) is 0 Å². The van der Waals surface area contributed by atoms with Crippen LogP contribution in [0, 0.1) is 11.6 Å². The fraction of sp³-hybridized carbons (Fsp3) is 0.625. The molecule has 4 heteroatoms. The molecule has 0 amide bonds. The second-order valence-corrected chi connectivity index (χ2v) is 5.84. The Morgan fingerprint density at radius 3 is 2.20 bits per heavy atom. The zero-order valence-corrected chi connectivity index (χ0v) is 11.8. The summed E-state index contributed by atoms with van der Waals surface area (Å²) in [6.07, 6.45) is 6.80. The fourth-order valence-corrected chi connectivity index (χ4v) is 2.87. The Hall–Kier alpha value is -1.00. The molecule has 0 aromatic heterocycles. The first-order chi connectivity index (χ1) is 9.57. The van der Waals surface area contributed by atoms with Crippen LogP contribution in [0.3, 0.4) is 0 Å². The molecule has 1 fully saturated rings. The Morgan fingerprint density at radius 2 is 1.60 bits per heavy atom. The molecule has 1 aromatic rings. The molecule has 0 spiro atoms. The van der Waals surface area contributed by atoms with Gasteiger partial charge in [0, 0.05) is 12.6 Å². The van der Waals surface area contributed by atoms with E-state index in [9.17, 15) is 13.9 Å². The molecule has 1 aliphatic rings. The minimum Gasteiger partial charge on any atom is -0.389 e. The van der Waals surface area contributed by atoms with E-state index in [4.69, 9.17) is 0 Å². The van der Waals surface area contributed by atoms with Crippen molar-refractivity contribution in [3.8, 4) is 0 Å². The molecule has 2 rings (SSSR count). The lowest BCUT2D eigenvalue weighted by molar-refractivity contribution is 0.0256. The lowest BCUT2D eigenvalue weighted by atomic mass is 9.94. The Morgan fingerprint density at radius 1 is 1.00 bits per heavy atom. The summed E-state index contributed by atoms with van der Waals surface area (Å²) < 4.78 is 26.1. The SMILES string of the molecule is OC1(CNCCc2cc(F)cc(F)c2)CCCCCC1. The van der Waals surface area contributed by atoms with E-state index in [1.165, 1.54) is 25.0 Å². The Balaban J connectivity index is 1.75. The number of hydrogen-bond acceptors (Lipinski definition) is 2. The number of rotatable bonds is 5. The summed E-state index contributed by atoms with van der Waals surface area (Å²) in [5.74, 6) is -1.08. The fourth-order valence-electron chi connectivity index (χ4n) is 2.87. The van der Waals surface area contributed by atoms with Gasteiger partial charge in [-0.05, 0) is 43.5 Å². The van der Waals surface area contributed by atoms with Crippen molar-refractivity contribution in [3.05, 3.63) is 35.4 Å². The highest BCUT2D eigenvalue weighted by Crippen LogP contribution is 2.26. The van der Waals surface area contributed by atoms with Crippen molar-refractivity contribution in [2.24, 2.45) is 0 Å². The van der Waals surface area contributed by atoms with Gasteiger partial charge >= 0.3 is 0 Å². The molecule has 112 valence electrons. The van der Waals surface area contributed by atoms with Crippen molar-refractivity contribution >= 4 is 0 Å². The average Bonchev–Trinajstić information content (AvgIpc) is 2.59. The van der Waals surface area contributed by atoms with E-state index in [0.29, 0.717) is 25.1 Å². The predicted molar refractivity (Wildman–Crippen MR) is 75.6 cm³/mol. The third-order valence-corrected chi connectivity index (χ3v) is 4.00. The number of halogens is 2. The molecule has 0 radical (unpaired) electrons. The molecule has 1 saturated carbocycles. The van der Waals surface area contributed by atoms with Crippen molar-refractivity contribution in [2.75, 3.05) is 13.1 Å². The molecule has 1 aliphatic carbocycles. The summed E-state index contributed by atoms with van der Waals surface area (Å²) in [5.41, 5.74) is 0.0341. The van der Waals surface area contributed by atoms with Crippen LogP contribution in [0.2, 0.25) is 0 Å². The van der Waals surface area contributed by atoms with Crippen LogP contribution in [-0.2, 0) is 6.42 Å². The van der Waals surface area contributed by atoms with Gasteiger partial charge in [-0.1, -0.05) is 25.7 Å². The molecular formula is C16H23F2NO. The molecular weight excluding hydrogens is 260 g/mol. The molecule has 2 nitrogen and oxygen atoms in total. The van der Waals surface area contributed by atoms with E-state index >= 15 is 0 Å². The summed E-state index contributed by atoms with van der Waals surface area (Å²) in [5, 5.41) is 13.7. The molecule has 0 saturated heterocycles. The Kier molecular flexibility index (Phi) is 5.49. The van der Waals surface area contributed by atoms with Crippen molar-refractivity contribution in [2.45, 2.75) is 50.5 Å². The molecule has 0 bridgehead atoms. The van der Waals surface area contributed by atoms with Gasteiger partial charge in [0.1, 0.15) is 11.6 Å². The molecule has 20 heavy (non-hydrogen) atoms. The van der Waals surface area contributed by atoms with Crippen LogP contribution in [0.1, 0.15) is 44.1 Å². The van der Waals surface area contributed by atoms with Gasteiger partial charge in [-0.3, -0.25) is 0 Å². The van der Waals surface area contributed by atoms with Crippen LogP contribution in [0.15, 0.2) is 18.2 Å². The highest BCUT2D eigenvalue weighted by Gasteiger charge is 2.27. The maximum Gasteiger partial charge on any atom is 0.126 e. The highest BCUT2D eigenvalue weighted by atomic mass is 19.1. The van der Waals surface area contributed by atoms with Gasteiger partial charge < -0.3 is 10.4 Å². The van der Waals surface area contributed by atoms with E-state index in [2.05, 4.69) is 5.32 Å². The molecule has 0 heterocycles. The van der Waals surface area contributed by atoms with Crippen LogP contribution < -0.4 is 5.32 Å². The first kappa shape index (κ1) is 15.4. The van der Waals surface area contributed by atoms with Gasteiger partial charge in [0.15, 0.2) is 0 Å². The molecule has 0 unspecified atom stereocenters. The van der Waals surface area contributed by atoms with Crippen molar-refractivity contribution in [3.63, 3.8) is 0 Å². The summed E-state index contributed by atoms with van der Waals surface area (Å²) in [6, 6.07) is 3.58. The minimum atomic E-state index is -0.607. The van der Waals surface area contributed by atoms with E-state index in [0.717, 1.165) is 31.7 Å². The monoisotopic (exact) mass is 283 g/mol. The van der Waals surface area contributed by atoms with Crippen molar-refractivity contribution < 1.29 is 13.9 Å². The lowest BCUT2D eigenvalue weighted by Crippen LogP contribution is -2.40. The molecule has 0 atom stereocenters. The smallest absolute Gasteiger partial charge is 0.126 e. The highest BCUT2D eigenvalue weighted by molar-refractivity contribution is 5.18. The summed E-state index contributed by atoms with van der Waals surface area (Å²) in [7, 11) is 0. The van der Waals surface area contributed by atoms with E-state index in [1.807, 2.05) is 0 Å². The zero-order chi connectivity index (χ0) is 14.4.